The number of rotatable bonds is 5. The van der Waals surface area contributed by atoms with Gasteiger partial charge in [-0.3, -0.25) is 4.79 Å². The lowest BCUT2D eigenvalue weighted by Gasteiger charge is -2.08. The third-order valence-electron chi connectivity index (χ3n) is 3.83. The van der Waals surface area contributed by atoms with Gasteiger partial charge in [0.2, 0.25) is 5.82 Å². The van der Waals surface area contributed by atoms with Gasteiger partial charge >= 0.3 is 0 Å². The summed E-state index contributed by atoms with van der Waals surface area (Å²) in [4.78, 5) is 16.9. The van der Waals surface area contributed by atoms with Crippen molar-refractivity contribution in [2.24, 2.45) is 0 Å². The van der Waals surface area contributed by atoms with Crippen LogP contribution in [-0.4, -0.2) is 26.7 Å². The molecule has 5 nitrogen and oxygen atoms in total. The molecule has 0 radical (unpaired) electrons. The highest BCUT2D eigenvalue weighted by Crippen LogP contribution is 2.20. The summed E-state index contributed by atoms with van der Waals surface area (Å²) in [6.07, 6.45) is 0.858. The maximum Gasteiger partial charge on any atom is 0.291 e. The van der Waals surface area contributed by atoms with Crippen LogP contribution in [0.5, 0.6) is 0 Å². The summed E-state index contributed by atoms with van der Waals surface area (Å²) in [5, 5.41) is 7.35. The number of hydrogen-bond acceptors (Lipinski definition) is 3. The zero-order valence-corrected chi connectivity index (χ0v) is 13.8. The van der Waals surface area contributed by atoms with E-state index in [1.165, 1.54) is 0 Å². The van der Waals surface area contributed by atoms with Gasteiger partial charge in [0.25, 0.3) is 5.91 Å². The third kappa shape index (κ3) is 3.35. The lowest BCUT2D eigenvalue weighted by molar-refractivity contribution is 0.0929. The molecule has 3 aromatic rings. The molecule has 0 fully saturated rings. The van der Waals surface area contributed by atoms with Crippen molar-refractivity contribution in [3.63, 3.8) is 0 Å². The fourth-order valence-corrected chi connectivity index (χ4v) is 2.32. The van der Waals surface area contributed by atoms with E-state index in [1.54, 1.807) is 4.68 Å². The Morgan fingerprint density at radius 2 is 1.71 bits per heavy atom. The molecule has 122 valence electrons. The molecule has 0 spiro atoms. The van der Waals surface area contributed by atoms with E-state index >= 15 is 0 Å². The number of nitrogens with zero attached hydrogens (tertiary/aromatic N) is 3. The molecule has 0 unspecified atom stereocenters. The average molecular weight is 320 g/mol. The molecule has 0 aliphatic heterocycles. The molecule has 0 bridgehead atoms. The minimum absolute atomic E-state index is 0.0846. The maximum atomic E-state index is 12.4. The highest BCUT2D eigenvalue weighted by atomic mass is 16.2. The molecule has 1 amide bonds. The highest BCUT2D eigenvalue weighted by molar-refractivity contribution is 5.91. The summed E-state index contributed by atoms with van der Waals surface area (Å²) in [6, 6.07) is 19.5. The van der Waals surface area contributed by atoms with Crippen LogP contribution in [0.3, 0.4) is 0 Å². The molecule has 5 heteroatoms. The summed E-state index contributed by atoms with van der Waals surface area (Å²) in [5.41, 5.74) is 1.78. The van der Waals surface area contributed by atoms with E-state index < -0.39 is 0 Å². The number of para-hydroxylation sites is 1. The third-order valence-corrected chi connectivity index (χ3v) is 3.83. The van der Waals surface area contributed by atoms with Crippen molar-refractivity contribution in [3.8, 4) is 17.1 Å². The van der Waals surface area contributed by atoms with Gasteiger partial charge in [-0.05, 0) is 25.5 Å². The largest absolute Gasteiger partial charge is 0.347 e. The lowest BCUT2D eigenvalue weighted by Crippen LogP contribution is -2.32. The molecule has 3 rings (SSSR count). The second kappa shape index (κ2) is 7.08. The highest BCUT2D eigenvalue weighted by Gasteiger charge is 2.19. The van der Waals surface area contributed by atoms with Crippen LogP contribution in [0.15, 0.2) is 60.7 Å². The predicted molar refractivity (Wildman–Crippen MR) is 94.0 cm³/mol. The molecule has 2 aromatic carbocycles. The molecule has 24 heavy (non-hydrogen) atoms. The Hall–Kier alpha value is -2.95. The molecule has 1 atom stereocenters. The van der Waals surface area contributed by atoms with Gasteiger partial charge in [-0.15, -0.1) is 5.10 Å². The van der Waals surface area contributed by atoms with Crippen LogP contribution in [0.4, 0.5) is 0 Å². The van der Waals surface area contributed by atoms with E-state index in [-0.39, 0.29) is 17.8 Å². The number of carbonyl (C=O) groups excluding carboxylic acids is 1. The quantitative estimate of drug-likeness (QED) is 0.783. The predicted octanol–water partition coefficient (Wildman–Crippen LogP) is 3.46. The van der Waals surface area contributed by atoms with Gasteiger partial charge in [-0.25, -0.2) is 9.67 Å². The van der Waals surface area contributed by atoms with Crippen LogP contribution < -0.4 is 5.32 Å². The Bertz CT molecular complexity index is 755. The van der Waals surface area contributed by atoms with E-state index in [1.807, 2.05) is 74.5 Å². The summed E-state index contributed by atoms with van der Waals surface area (Å²) < 4.78 is 1.71. The van der Waals surface area contributed by atoms with Crippen molar-refractivity contribution in [2.45, 2.75) is 26.3 Å². The molecule has 0 saturated heterocycles. The zero-order valence-electron chi connectivity index (χ0n) is 13.8. The van der Waals surface area contributed by atoms with Crippen LogP contribution in [-0.2, 0) is 0 Å². The van der Waals surface area contributed by atoms with E-state index in [0.717, 1.165) is 17.7 Å². The molecule has 1 heterocycles. The topological polar surface area (TPSA) is 59.8 Å². The second-order valence-electron chi connectivity index (χ2n) is 5.66. The maximum absolute atomic E-state index is 12.4. The fraction of sp³-hybridized carbons (Fsp3) is 0.211. The van der Waals surface area contributed by atoms with Crippen LogP contribution in [0.25, 0.3) is 17.1 Å². The minimum atomic E-state index is -0.254. The first kappa shape index (κ1) is 15.9. The van der Waals surface area contributed by atoms with E-state index in [4.69, 9.17) is 0 Å². The van der Waals surface area contributed by atoms with E-state index in [9.17, 15) is 4.79 Å². The van der Waals surface area contributed by atoms with Crippen LogP contribution in [0.2, 0.25) is 0 Å². The van der Waals surface area contributed by atoms with Crippen molar-refractivity contribution >= 4 is 5.91 Å². The van der Waals surface area contributed by atoms with Gasteiger partial charge in [-0.1, -0.05) is 55.5 Å². The van der Waals surface area contributed by atoms with Crippen molar-refractivity contribution in [3.05, 3.63) is 66.5 Å². The van der Waals surface area contributed by atoms with Crippen LogP contribution in [0.1, 0.15) is 30.9 Å². The number of carbonyl (C=O) groups is 1. The smallest absolute Gasteiger partial charge is 0.291 e. The van der Waals surface area contributed by atoms with Crippen LogP contribution in [0, 0.1) is 0 Å². The number of amides is 1. The molecular weight excluding hydrogens is 300 g/mol. The summed E-state index contributed by atoms with van der Waals surface area (Å²) in [7, 11) is 0. The molecule has 1 N–H and O–H groups in total. The monoisotopic (exact) mass is 320 g/mol. The van der Waals surface area contributed by atoms with Gasteiger partial charge in [0.1, 0.15) is 0 Å². The van der Waals surface area contributed by atoms with Gasteiger partial charge in [0.15, 0.2) is 5.82 Å². The standard InChI is InChI=1S/C19H20N4O/c1-3-14(2)20-19(24)17-21-18(15-10-6-4-7-11-15)23(22-17)16-12-8-5-9-13-16/h4-14H,3H2,1-2H3,(H,20,24)/t14-/m1/s1. The molecule has 1 aromatic heterocycles. The minimum Gasteiger partial charge on any atom is -0.347 e. The van der Waals surface area contributed by atoms with E-state index in [0.29, 0.717) is 5.82 Å². The van der Waals surface area contributed by atoms with Gasteiger partial charge in [0, 0.05) is 11.6 Å². The second-order valence-corrected chi connectivity index (χ2v) is 5.66. The average Bonchev–Trinajstić information content (AvgIpc) is 3.08. The number of hydrogen-bond donors (Lipinski definition) is 1. The zero-order chi connectivity index (χ0) is 16.9. The Labute approximate surface area is 141 Å². The van der Waals surface area contributed by atoms with Crippen molar-refractivity contribution < 1.29 is 4.79 Å². The Morgan fingerprint density at radius 3 is 2.33 bits per heavy atom. The molecule has 0 aliphatic rings. The van der Waals surface area contributed by atoms with Crippen molar-refractivity contribution in [2.75, 3.05) is 0 Å². The summed E-state index contributed by atoms with van der Waals surface area (Å²) in [5.74, 6) is 0.574. The Kier molecular flexibility index (Phi) is 4.70. The summed E-state index contributed by atoms with van der Waals surface area (Å²) in [6.45, 7) is 3.99. The Balaban J connectivity index is 2.05. The number of benzene rings is 2. The molecular formula is C19H20N4O. The van der Waals surface area contributed by atoms with Gasteiger partial charge in [-0.2, -0.15) is 0 Å². The first-order valence-corrected chi connectivity index (χ1v) is 8.07. The molecule has 0 aliphatic carbocycles. The number of nitrogens with one attached hydrogen (secondary N) is 1. The summed E-state index contributed by atoms with van der Waals surface area (Å²) >= 11 is 0. The van der Waals surface area contributed by atoms with Crippen molar-refractivity contribution in [1.82, 2.24) is 20.1 Å². The first-order chi connectivity index (χ1) is 11.7. The van der Waals surface area contributed by atoms with Crippen molar-refractivity contribution in [1.29, 1.82) is 0 Å². The van der Waals surface area contributed by atoms with E-state index in [2.05, 4.69) is 15.4 Å². The SMILES string of the molecule is CC[C@@H](C)NC(=O)c1nc(-c2ccccc2)n(-c2ccccc2)n1. The van der Waals surface area contributed by atoms with Gasteiger partial charge in [0.05, 0.1) is 5.69 Å². The normalized spacial score (nSPS) is 11.9. The lowest BCUT2D eigenvalue weighted by atomic mass is 10.2. The Morgan fingerprint density at radius 1 is 1.08 bits per heavy atom. The first-order valence-electron chi connectivity index (χ1n) is 8.07. The fourth-order valence-electron chi connectivity index (χ4n) is 2.32. The van der Waals surface area contributed by atoms with Gasteiger partial charge < -0.3 is 5.32 Å². The molecule has 0 saturated carbocycles. The number of aromatic nitrogens is 3. The van der Waals surface area contributed by atoms with Crippen LogP contribution >= 0.6 is 0 Å².